The van der Waals surface area contributed by atoms with Gasteiger partial charge in [0.05, 0.1) is 0 Å². The molecular formula is C7H7I3Si. The van der Waals surface area contributed by atoms with Gasteiger partial charge in [-0.3, -0.25) is 0 Å². The number of hydrogen-bond donors (Lipinski definition) is 0. The van der Waals surface area contributed by atoms with Crippen LogP contribution < -0.4 is 0 Å². The molecule has 0 nitrogen and oxygen atoms in total. The Kier molecular flexibility index (Phi) is 4.62. The molecule has 0 radical (unpaired) electrons. The van der Waals surface area contributed by atoms with Crippen molar-refractivity contribution < 1.29 is 0 Å². The molecule has 0 bridgehead atoms. The van der Waals surface area contributed by atoms with Gasteiger partial charge in [-0.15, -0.1) is 0 Å². The van der Waals surface area contributed by atoms with E-state index in [1.807, 2.05) is 0 Å². The van der Waals surface area contributed by atoms with Gasteiger partial charge < -0.3 is 0 Å². The highest BCUT2D eigenvalue weighted by molar-refractivity contribution is 14.4. The third-order valence-electron chi connectivity index (χ3n) is 1.25. The Morgan fingerprint density at radius 3 is 2.00 bits per heavy atom. The van der Waals surface area contributed by atoms with Crippen molar-refractivity contribution in [3.05, 3.63) is 35.9 Å². The molecule has 0 amide bonds. The van der Waals surface area contributed by atoms with Crippen LogP contribution in [0.1, 0.15) is 5.56 Å². The first kappa shape index (κ1) is 10.7. The summed E-state index contributed by atoms with van der Waals surface area (Å²) in [5, 5.41) is 0. The van der Waals surface area contributed by atoms with Gasteiger partial charge in [0, 0.05) is 0 Å². The van der Waals surface area contributed by atoms with E-state index in [1.54, 1.807) is 0 Å². The SMILES string of the molecule is I[Si](I)(I)Cc1ccccc1. The first-order chi connectivity index (χ1) is 5.08. The number of benzene rings is 1. The van der Waals surface area contributed by atoms with Crippen LogP contribution in [0, 0.1) is 0 Å². The molecule has 4 heteroatoms. The van der Waals surface area contributed by atoms with E-state index in [0.717, 1.165) is 0 Å². The molecule has 0 aliphatic carbocycles. The molecule has 11 heavy (non-hydrogen) atoms. The second kappa shape index (κ2) is 4.75. The van der Waals surface area contributed by atoms with Crippen LogP contribution in [0.5, 0.6) is 0 Å². The van der Waals surface area contributed by atoms with Crippen molar-refractivity contribution >= 4 is 66.0 Å². The summed E-state index contributed by atoms with van der Waals surface area (Å²) in [6.45, 7) is 0. The van der Waals surface area contributed by atoms with Gasteiger partial charge in [-0.2, -0.15) is 0 Å². The second-order valence-electron chi connectivity index (χ2n) is 2.28. The molecule has 0 fully saturated rings. The molecule has 0 atom stereocenters. The van der Waals surface area contributed by atoms with Crippen LogP contribution in [0.3, 0.4) is 0 Å². The molecule has 0 aliphatic heterocycles. The maximum absolute atomic E-state index is 2.59. The monoisotopic (exact) mass is 500 g/mol. The normalized spacial score (nSPS) is 11.5. The molecule has 0 aromatic heterocycles. The lowest BCUT2D eigenvalue weighted by Gasteiger charge is -2.08. The van der Waals surface area contributed by atoms with E-state index in [1.165, 1.54) is 11.6 Å². The summed E-state index contributed by atoms with van der Waals surface area (Å²) in [7, 11) is 0. The zero-order valence-electron chi connectivity index (χ0n) is 5.73. The number of rotatable bonds is 2. The molecule has 0 heterocycles. The van der Waals surface area contributed by atoms with E-state index >= 15 is 0 Å². The van der Waals surface area contributed by atoms with Gasteiger partial charge in [-0.1, -0.05) is 95.7 Å². The number of halogens is 3. The highest BCUT2D eigenvalue weighted by Crippen LogP contribution is 2.32. The Bertz CT molecular complexity index is 217. The largest absolute Gasteiger partial charge is 0.257 e. The molecule has 0 spiro atoms. The van der Waals surface area contributed by atoms with Crippen molar-refractivity contribution in [3.8, 4) is 0 Å². The lowest BCUT2D eigenvalue weighted by molar-refractivity contribution is 1.40. The Labute approximate surface area is 106 Å². The van der Waals surface area contributed by atoms with Gasteiger partial charge in [0.2, 0.25) is 0 Å². The fraction of sp³-hybridized carbons (Fsp3) is 0.143. The van der Waals surface area contributed by atoms with Crippen LogP contribution in [-0.4, -0.2) is 0.564 Å². The molecule has 0 N–H and O–H groups in total. The predicted octanol–water partition coefficient (Wildman–Crippen LogP) is 4.01. The molecule has 0 unspecified atom stereocenters. The van der Waals surface area contributed by atoms with Crippen LogP contribution >= 0.6 is 65.4 Å². The first-order valence-corrected chi connectivity index (χ1v) is 14.7. The standard InChI is InChI=1S/C7H7I3Si/c8-11(9,10)6-7-4-2-1-3-5-7/h1-5H,6H2. The van der Waals surface area contributed by atoms with Gasteiger partial charge in [0.25, 0.3) is 0.564 Å². The maximum atomic E-state index is 2.59. The summed E-state index contributed by atoms with van der Waals surface area (Å²) in [5.74, 6) is 0. The minimum Gasteiger partial charge on any atom is -0.0906 e. The lowest BCUT2D eigenvalue weighted by Crippen LogP contribution is -2.10. The molecule has 1 rings (SSSR count). The molecule has 1 aromatic carbocycles. The summed E-state index contributed by atoms with van der Waals surface area (Å²) in [4.78, 5) is 0. The molecule has 1 aromatic rings. The highest BCUT2D eigenvalue weighted by atomic mass is 127. The van der Waals surface area contributed by atoms with Crippen molar-refractivity contribution in [1.82, 2.24) is 0 Å². The Morgan fingerprint density at radius 1 is 1.00 bits per heavy atom. The molecule has 0 aliphatic rings. The smallest absolute Gasteiger partial charge is 0.0906 e. The molecule has 60 valence electrons. The van der Waals surface area contributed by atoms with Gasteiger partial charge in [-0.05, 0) is 11.6 Å². The van der Waals surface area contributed by atoms with E-state index in [0.29, 0.717) is 0 Å². The summed E-state index contributed by atoms with van der Waals surface area (Å²) >= 11 is 7.78. The average molecular weight is 500 g/mol. The molecule has 0 saturated carbocycles. The fourth-order valence-corrected chi connectivity index (χ4v) is 5.49. The van der Waals surface area contributed by atoms with E-state index in [4.69, 9.17) is 0 Å². The average Bonchev–Trinajstić information content (AvgIpc) is 1.85. The Morgan fingerprint density at radius 2 is 1.55 bits per heavy atom. The van der Waals surface area contributed by atoms with Crippen molar-refractivity contribution in [2.24, 2.45) is 0 Å². The van der Waals surface area contributed by atoms with E-state index in [9.17, 15) is 0 Å². The van der Waals surface area contributed by atoms with Crippen LogP contribution in [0.2, 0.25) is 0 Å². The van der Waals surface area contributed by atoms with Crippen LogP contribution in [0.15, 0.2) is 30.3 Å². The quantitative estimate of drug-likeness (QED) is 0.328. The lowest BCUT2D eigenvalue weighted by atomic mass is 10.2. The Balaban J connectivity index is 2.66. The second-order valence-corrected chi connectivity index (χ2v) is 39.0. The molecule has 0 saturated heterocycles. The Hall–Kier alpha value is 1.63. The number of hydrogen-bond acceptors (Lipinski definition) is 0. The van der Waals surface area contributed by atoms with E-state index in [-0.39, 0.29) is 0 Å². The van der Waals surface area contributed by atoms with Gasteiger partial charge in [0.15, 0.2) is 0 Å². The summed E-state index contributed by atoms with van der Waals surface area (Å²) in [6, 6.07) is 12.0. The van der Waals surface area contributed by atoms with Crippen LogP contribution in [0.25, 0.3) is 0 Å². The topological polar surface area (TPSA) is 0 Å². The third kappa shape index (κ3) is 5.04. The van der Waals surface area contributed by atoms with Gasteiger partial charge >= 0.3 is 0 Å². The zero-order chi connectivity index (χ0) is 8.32. The fourth-order valence-electron chi connectivity index (χ4n) is 0.827. The van der Waals surface area contributed by atoms with Crippen LogP contribution in [-0.2, 0) is 6.04 Å². The summed E-state index contributed by atoms with van der Waals surface area (Å²) in [5.41, 5.74) is 1.47. The summed E-state index contributed by atoms with van der Waals surface area (Å²) in [6.07, 6.45) is 0. The van der Waals surface area contributed by atoms with Gasteiger partial charge in [0.1, 0.15) is 0 Å². The van der Waals surface area contributed by atoms with Crippen LogP contribution in [0.4, 0.5) is 0 Å². The van der Waals surface area contributed by atoms with Crippen molar-refractivity contribution in [2.45, 2.75) is 6.04 Å². The zero-order valence-corrected chi connectivity index (χ0v) is 13.2. The van der Waals surface area contributed by atoms with E-state index < -0.39 is 0.564 Å². The highest BCUT2D eigenvalue weighted by Gasteiger charge is 2.21. The summed E-state index contributed by atoms with van der Waals surface area (Å²) < 4.78 is -0.988. The third-order valence-corrected chi connectivity index (χ3v) is 5.49. The van der Waals surface area contributed by atoms with Crippen molar-refractivity contribution in [2.75, 3.05) is 0 Å². The maximum Gasteiger partial charge on any atom is 0.257 e. The predicted molar refractivity (Wildman–Crippen MR) is 78.0 cm³/mol. The van der Waals surface area contributed by atoms with Crippen molar-refractivity contribution in [1.29, 1.82) is 0 Å². The minimum atomic E-state index is -0.988. The minimum absolute atomic E-state index is 0.988. The van der Waals surface area contributed by atoms with Gasteiger partial charge in [-0.25, -0.2) is 0 Å². The molecular weight excluding hydrogens is 493 g/mol. The first-order valence-electron chi connectivity index (χ1n) is 3.18. The van der Waals surface area contributed by atoms with Crippen molar-refractivity contribution in [3.63, 3.8) is 0 Å². The van der Waals surface area contributed by atoms with E-state index in [2.05, 4.69) is 95.7 Å².